The first-order chi connectivity index (χ1) is 7.09. The molecule has 0 radical (unpaired) electrons. The molecule has 2 nitrogen and oxygen atoms in total. The number of hydrogen-bond acceptors (Lipinski definition) is 2. The summed E-state index contributed by atoms with van der Waals surface area (Å²) in [7, 11) is 3.87. The van der Waals surface area contributed by atoms with E-state index in [-0.39, 0.29) is 6.54 Å². The van der Waals surface area contributed by atoms with E-state index in [4.69, 9.17) is 0 Å². The number of hydrogen-bond donors (Lipinski definition) is 0. The number of alkyl halides is 2. The number of rotatable bonds is 3. The third-order valence-electron chi connectivity index (χ3n) is 2.74. The predicted octanol–water partition coefficient (Wildman–Crippen LogP) is 2.30. The van der Waals surface area contributed by atoms with Crippen LogP contribution in [0.3, 0.4) is 0 Å². The first-order valence-electron chi connectivity index (χ1n) is 5.76. The normalized spacial score (nSPS) is 19.2. The zero-order valence-electron chi connectivity index (χ0n) is 10.3. The molecular formula is C11H24F2N2. The molecule has 0 atom stereocenters. The first kappa shape index (κ1) is 14.8. The SMILES string of the molecule is CC.CN1CCC(N(C)CC(F)F)CC1. The van der Waals surface area contributed by atoms with Crippen molar-refractivity contribution in [3.8, 4) is 0 Å². The van der Waals surface area contributed by atoms with Gasteiger partial charge in [-0.15, -0.1) is 0 Å². The van der Waals surface area contributed by atoms with E-state index in [0.29, 0.717) is 6.04 Å². The van der Waals surface area contributed by atoms with Gasteiger partial charge >= 0.3 is 0 Å². The maximum absolute atomic E-state index is 12.1. The molecule has 15 heavy (non-hydrogen) atoms. The van der Waals surface area contributed by atoms with Crippen LogP contribution in [0, 0.1) is 0 Å². The van der Waals surface area contributed by atoms with Gasteiger partial charge in [-0.05, 0) is 40.0 Å². The summed E-state index contributed by atoms with van der Waals surface area (Å²) in [5.74, 6) is 0. The van der Waals surface area contributed by atoms with Crippen LogP contribution < -0.4 is 0 Å². The summed E-state index contributed by atoms with van der Waals surface area (Å²) in [5, 5.41) is 0. The van der Waals surface area contributed by atoms with Gasteiger partial charge in [-0.1, -0.05) is 13.8 Å². The summed E-state index contributed by atoms with van der Waals surface area (Å²) in [6.45, 7) is 5.96. The second-order valence-corrected chi connectivity index (χ2v) is 3.87. The van der Waals surface area contributed by atoms with E-state index in [2.05, 4.69) is 11.9 Å². The van der Waals surface area contributed by atoms with Crippen LogP contribution in [0.2, 0.25) is 0 Å². The lowest BCUT2D eigenvalue weighted by Gasteiger charge is -2.34. The van der Waals surface area contributed by atoms with Crippen LogP contribution in [0.25, 0.3) is 0 Å². The standard InChI is InChI=1S/C9H18F2N2.C2H6/c1-12-5-3-8(4-6-12)13(2)7-9(10)11;1-2/h8-9H,3-7H2,1-2H3;1-2H3. The topological polar surface area (TPSA) is 6.48 Å². The van der Waals surface area contributed by atoms with Crippen LogP contribution in [0.4, 0.5) is 8.78 Å². The molecule has 1 saturated heterocycles. The molecule has 0 spiro atoms. The summed E-state index contributed by atoms with van der Waals surface area (Å²) in [6.07, 6.45) is -0.177. The van der Waals surface area contributed by atoms with E-state index in [1.165, 1.54) is 0 Å². The third kappa shape index (κ3) is 6.05. The minimum absolute atomic E-state index is 0.0889. The van der Waals surface area contributed by atoms with E-state index in [1.54, 1.807) is 11.9 Å². The van der Waals surface area contributed by atoms with Gasteiger partial charge in [0, 0.05) is 6.04 Å². The molecule has 1 aliphatic rings. The Bertz CT molecular complexity index is 146. The van der Waals surface area contributed by atoms with Crippen molar-refractivity contribution in [3.05, 3.63) is 0 Å². The molecule has 1 aliphatic heterocycles. The number of halogens is 2. The van der Waals surface area contributed by atoms with Crippen LogP contribution >= 0.6 is 0 Å². The lowest BCUT2D eigenvalue weighted by atomic mass is 10.0. The highest BCUT2D eigenvalue weighted by atomic mass is 19.3. The van der Waals surface area contributed by atoms with Crippen molar-refractivity contribution in [1.29, 1.82) is 0 Å². The molecule has 0 aromatic heterocycles. The lowest BCUT2D eigenvalue weighted by Crippen LogP contribution is -2.43. The van der Waals surface area contributed by atoms with Gasteiger partial charge in [-0.25, -0.2) is 8.78 Å². The number of likely N-dealkylation sites (tertiary alicyclic amines) is 1. The molecule has 0 aromatic carbocycles. The molecule has 0 unspecified atom stereocenters. The summed E-state index contributed by atoms with van der Waals surface area (Å²) in [4.78, 5) is 4.03. The summed E-state index contributed by atoms with van der Waals surface area (Å²) < 4.78 is 24.1. The summed E-state index contributed by atoms with van der Waals surface area (Å²) in [5.41, 5.74) is 0. The van der Waals surface area contributed by atoms with Crippen molar-refractivity contribution in [2.45, 2.75) is 39.2 Å². The van der Waals surface area contributed by atoms with Gasteiger partial charge in [-0.2, -0.15) is 0 Å². The molecule has 0 saturated carbocycles. The molecule has 0 amide bonds. The molecule has 1 rings (SSSR count). The summed E-state index contributed by atoms with van der Waals surface area (Å²) >= 11 is 0. The Labute approximate surface area is 92.2 Å². The van der Waals surface area contributed by atoms with E-state index in [9.17, 15) is 8.78 Å². The molecule has 4 heteroatoms. The van der Waals surface area contributed by atoms with Gasteiger partial charge in [0.25, 0.3) is 6.43 Å². The van der Waals surface area contributed by atoms with Crippen molar-refractivity contribution in [3.63, 3.8) is 0 Å². The predicted molar refractivity (Wildman–Crippen MR) is 60.5 cm³/mol. The van der Waals surface area contributed by atoms with Crippen LogP contribution in [-0.2, 0) is 0 Å². The monoisotopic (exact) mass is 222 g/mol. The quantitative estimate of drug-likeness (QED) is 0.723. The first-order valence-corrected chi connectivity index (χ1v) is 5.76. The van der Waals surface area contributed by atoms with Gasteiger partial charge in [0.15, 0.2) is 0 Å². The average molecular weight is 222 g/mol. The molecular weight excluding hydrogens is 198 g/mol. The van der Waals surface area contributed by atoms with Crippen molar-refractivity contribution >= 4 is 0 Å². The minimum atomic E-state index is -2.20. The zero-order chi connectivity index (χ0) is 11.8. The van der Waals surface area contributed by atoms with Crippen molar-refractivity contribution in [1.82, 2.24) is 9.80 Å². The van der Waals surface area contributed by atoms with E-state index in [0.717, 1.165) is 25.9 Å². The van der Waals surface area contributed by atoms with Crippen LogP contribution in [-0.4, -0.2) is 56.0 Å². The van der Waals surface area contributed by atoms with Crippen LogP contribution in [0.15, 0.2) is 0 Å². The minimum Gasteiger partial charge on any atom is -0.306 e. The van der Waals surface area contributed by atoms with Gasteiger partial charge in [0.1, 0.15) is 0 Å². The van der Waals surface area contributed by atoms with Crippen LogP contribution in [0.5, 0.6) is 0 Å². The molecule has 0 bridgehead atoms. The molecule has 0 N–H and O–H groups in total. The fraction of sp³-hybridized carbons (Fsp3) is 1.00. The fourth-order valence-electron chi connectivity index (χ4n) is 1.80. The second-order valence-electron chi connectivity index (χ2n) is 3.87. The Hall–Kier alpha value is -0.220. The Morgan fingerprint density at radius 3 is 2.13 bits per heavy atom. The maximum atomic E-state index is 12.1. The molecule has 1 heterocycles. The summed E-state index contributed by atoms with van der Waals surface area (Å²) in [6, 6.07) is 0.352. The molecule has 92 valence electrons. The molecule has 1 fully saturated rings. The smallest absolute Gasteiger partial charge is 0.251 e. The Balaban J connectivity index is 0.000000921. The highest BCUT2D eigenvalue weighted by Gasteiger charge is 2.22. The lowest BCUT2D eigenvalue weighted by molar-refractivity contribution is 0.0614. The van der Waals surface area contributed by atoms with Gasteiger partial charge < -0.3 is 4.90 Å². The second kappa shape index (κ2) is 7.99. The maximum Gasteiger partial charge on any atom is 0.251 e. The Morgan fingerprint density at radius 2 is 1.73 bits per heavy atom. The van der Waals surface area contributed by atoms with Gasteiger partial charge in [0.2, 0.25) is 0 Å². The Morgan fingerprint density at radius 1 is 1.27 bits per heavy atom. The fourth-order valence-corrected chi connectivity index (χ4v) is 1.80. The molecule has 0 aromatic rings. The van der Waals surface area contributed by atoms with Crippen molar-refractivity contribution < 1.29 is 8.78 Å². The largest absolute Gasteiger partial charge is 0.306 e. The third-order valence-corrected chi connectivity index (χ3v) is 2.74. The van der Waals surface area contributed by atoms with Gasteiger partial charge in [-0.3, -0.25) is 4.90 Å². The Kier molecular flexibility index (Phi) is 7.88. The average Bonchev–Trinajstić information content (AvgIpc) is 2.20. The molecule has 0 aliphatic carbocycles. The van der Waals surface area contributed by atoms with E-state index in [1.807, 2.05) is 13.8 Å². The van der Waals surface area contributed by atoms with Crippen molar-refractivity contribution in [2.75, 3.05) is 33.7 Å². The van der Waals surface area contributed by atoms with E-state index >= 15 is 0 Å². The zero-order valence-corrected chi connectivity index (χ0v) is 10.3. The highest BCUT2D eigenvalue weighted by Crippen LogP contribution is 2.14. The van der Waals surface area contributed by atoms with Gasteiger partial charge in [0.05, 0.1) is 6.54 Å². The van der Waals surface area contributed by atoms with Crippen molar-refractivity contribution in [2.24, 2.45) is 0 Å². The highest BCUT2D eigenvalue weighted by molar-refractivity contribution is 4.76. The van der Waals surface area contributed by atoms with E-state index < -0.39 is 6.43 Å². The number of piperidine rings is 1. The number of nitrogens with zero attached hydrogens (tertiary/aromatic N) is 2. The van der Waals surface area contributed by atoms with Crippen LogP contribution in [0.1, 0.15) is 26.7 Å².